The second kappa shape index (κ2) is 10.2. The third-order valence-corrected chi connectivity index (χ3v) is 5.73. The van der Waals surface area contributed by atoms with Crippen molar-refractivity contribution in [1.82, 2.24) is 15.2 Å². The number of nitrogens with zero attached hydrogens (tertiary/aromatic N) is 2. The fourth-order valence-electron chi connectivity index (χ4n) is 3.78. The van der Waals surface area contributed by atoms with Gasteiger partial charge in [-0.2, -0.15) is 0 Å². The molecule has 0 saturated carbocycles. The lowest BCUT2D eigenvalue weighted by atomic mass is 10.1. The molecule has 2 fully saturated rings. The molecular formula is C19H23Cl4N3O2. The highest BCUT2D eigenvalue weighted by molar-refractivity contribution is 6.36. The molecule has 1 aromatic carbocycles. The molecule has 5 nitrogen and oxygen atoms in total. The summed E-state index contributed by atoms with van der Waals surface area (Å²) in [6, 6.07) is 6.27. The number of hydrogen-bond donors (Lipinski definition) is 1. The van der Waals surface area contributed by atoms with Crippen LogP contribution in [0.1, 0.15) is 31.6 Å². The van der Waals surface area contributed by atoms with E-state index in [0.29, 0.717) is 46.6 Å². The number of fused-ring (bicyclic) bond motifs is 2. The lowest BCUT2D eigenvalue weighted by Crippen LogP contribution is -2.39. The summed E-state index contributed by atoms with van der Waals surface area (Å²) in [6.45, 7) is 1.65. The van der Waals surface area contributed by atoms with Crippen LogP contribution in [0.4, 0.5) is 0 Å². The Bertz CT molecular complexity index is 814. The first kappa shape index (κ1) is 23.3. The second-order valence-electron chi connectivity index (χ2n) is 7.01. The van der Waals surface area contributed by atoms with Gasteiger partial charge in [0.05, 0.1) is 11.2 Å². The van der Waals surface area contributed by atoms with Gasteiger partial charge in [-0.1, -0.05) is 23.2 Å². The molecule has 2 atom stereocenters. The van der Waals surface area contributed by atoms with Gasteiger partial charge in [0, 0.05) is 48.6 Å². The number of hydrogen-bond acceptors (Lipinski definition) is 4. The van der Waals surface area contributed by atoms with Gasteiger partial charge < -0.3 is 14.6 Å². The highest BCUT2D eigenvalue weighted by atomic mass is 35.5. The summed E-state index contributed by atoms with van der Waals surface area (Å²) in [7, 11) is 0. The van der Waals surface area contributed by atoms with E-state index in [0.717, 1.165) is 25.1 Å². The number of nitrogens with one attached hydrogen (secondary N) is 1. The minimum absolute atomic E-state index is 0. The van der Waals surface area contributed by atoms with Crippen molar-refractivity contribution < 1.29 is 9.21 Å². The number of likely N-dealkylation sites (tertiary alicyclic amines) is 1. The molecule has 1 amide bonds. The molecule has 2 unspecified atom stereocenters. The summed E-state index contributed by atoms with van der Waals surface area (Å²) >= 11 is 12.1. The van der Waals surface area contributed by atoms with Crippen molar-refractivity contribution >= 4 is 53.9 Å². The zero-order chi connectivity index (χ0) is 18.1. The minimum Gasteiger partial charge on any atom is -0.441 e. The van der Waals surface area contributed by atoms with E-state index in [4.69, 9.17) is 27.6 Å². The number of aryl methyl sites for hydroxylation is 1. The second-order valence-corrected chi connectivity index (χ2v) is 7.85. The molecule has 3 heterocycles. The van der Waals surface area contributed by atoms with Crippen LogP contribution >= 0.6 is 48.0 Å². The fraction of sp³-hybridized carbons (Fsp3) is 0.474. The molecule has 0 aliphatic carbocycles. The molecule has 2 saturated heterocycles. The number of halogens is 4. The van der Waals surface area contributed by atoms with E-state index in [2.05, 4.69) is 10.3 Å². The Labute approximate surface area is 187 Å². The Morgan fingerprint density at radius 3 is 2.79 bits per heavy atom. The monoisotopic (exact) mass is 465 g/mol. The number of aromatic nitrogens is 1. The first-order valence-corrected chi connectivity index (χ1v) is 9.78. The maximum atomic E-state index is 12.6. The molecule has 2 aromatic rings. The molecule has 2 bridgehead atoms. The van der Waals surface area contributed by atoms with Crippen LogP contribution in [0.5, 0.6) is 0 Å². The lowest BCUT2D eigenvalue weighted by molar-refractivity contribution is -0.131. The average molecular weight is 467 g/mol. The number of rotatable bonds is 4. The SMILES string of the molecule is Cl.Cl.O=C(CCc1ncc(-c2ccc(Cl)cc2Cl)o1)N1CCC2CCC(C1)N2. The number of amides is 1. The van der Waals surface area contributed by atoms with E-state index in [1.54, 1.807) is 24.4 Å². The zero-order valence-electron chi connectivity index (χ0n) is 15.2. The molecule has 2 aliphatic rings. The van der Waals surface area contributed by atoms with E-state index in [1.807, 2.05) is 4.90 Å². The standard InChI is InChI=1S/C19H21Cl2N3O2.2ClH/c20-12-1-4-15(16(21)9-12)17-10-22-18(26-17)5-6-19(25)24-8-7-13-2-3-14(11-24)23-13;;/h1,4,9-10,13-14,23H,2-3,5-8,11H2;2*1H. The topological polar surface area (TPSA) is 58.4 Å². The Hall–Kier alpha value is -0.980. The normalized spacial score (nSPS) is 20.9. The maximum Gasteiger partial charge on any atom is 0.223 e. The summed E-state index contributed by atoms with van der Waals surface area (Å²) in [5.74, 6) is 1.31. The summed E-state index contributed by atoms with van der Waals surface area (Å²) < 4.78 is 5.78. The van der Waals surface area contributed by atoms with Gasteiger partial charge in [-0.15, -0.1) is 24.8 Å². The van der Waals surface area contributed by atoms with E-state index in [-0.39, 0.29) is 30.7 Å². The summed E-state index contributed by atoms with van der Waals surface area (Å²) in [5, 5.41) is 4.69. The molecular weight excluding hydrogens is 444 g/mol. The summed E-state index contributed by atoms with van der Waals surface area (Å²) in [6.07, 6.45) is 5.98. The molecule has 0 spiro atoms. The van der Waals surface area contributed by atoms with E-state index in [9.17, 15) is 4.79 Å². The lowest BCUT2D eigenvalue weighted by Gasteiger charge is -2.24. The van der Waals surface area contributed by atoms with Crippen LogP contribution in [0.2, 0.25) is 10.0 Å². The van der Waals surface area contributed by atoms with Crippen molar-refractivity contribution in [2.45, 2.75) is 44.2 Å². The highest BCUT2D eigenvalue weighted by Crippen LogP contribution is 2.31. The van der Waals surface area contributed by atoms with E-state index < -0.39 is 0 Å². The van der Waals surface area contributed by atoms with Crippen molar-refractivity contribution in [3.05, 3.63) is 40.3 Å². The van der Waals surface area contributed by atoms with Crippen LogP contribution < -0.4 is 5.32 Å². The first-order chi connectivity index (χ1) is 12.6. The first-order valence-electron chi connectivity index (χ1n) is 9.02. The van der Waals surface area contributed by atoms with Crippen molar-refractivity contribution in [3.8, 4) is 11.3 Å². The predicted octanol–water partition coefficient (Wildman–Crippen LogP) is 4.78. The van der Waals surface area contributed by atoms with Crippen molar-refractivity contribution in [3.63, 3.8) is 0 Å². The molecule has 0 radical (unpaired) electrons. The summed E-state index contributed by atoms with van der Waals surface area (Å²) in [4.78, 5) is 18.8. The Morgan fingerprint density at radius 2 is 2.00 bits per heavy atom. The molecule has 4 rings (SSSR count). The molecule has 2 aliphatic heterocycles. The largest absolute Gasteiger partial charge is 0.441 e. The van der Waals surface area contributed by atoms with Gasteiger partial charge >= 0.3 is 0 Å². The third kappa shape index (κ3) is 5.33. The Kier molecular flexibility index (Phi) is 8.46. The van der Waals surface area contributed by atoms with Crippen LogP contribution in [-0.4, -0.2) is 41.0 Å². The quantitative estimate of drug-likeness (QED) is 0.704. The predicted molar refractivity (Wildman–Crippen MR) is 116 cm³/mol. The minimum atomic E-state index is 0. The molecule has 154 valence electrons. The van der Waals surface area contributed by atoms with E-state index in [1.165, 1.54) is 12.8 Å². The van der Waals surface area contributed by atoms with Crippen LogP contribution in [0.3, 0.4) is 0 Å². The van der Waals surface area contributed by atoms with Crippen LogP contribution in [0.25, 0.3) is 11.3 Å². The molecule has 28 heavy (non-hydrogen) atoms. The van der Waals surface area contributed by atoms with E-state index >= 15 is 0 Å². The van der Waals surface area contributed by atoms with Gasteiger partial charge in [-0.05, 0) is 37.5 Å². The van der Waals surface area contributed by atoms with Crippen molar-refractivity contribution in [2.24, 2.45) is 0 Å². The van der Waals surface area contributed by atoms with Crippen LogP contribution in [0.15, 0.2) is 28.8 Å². The average Bonchev–Trinajstić information content (AvgIpc) is 3.19. The van der Waals surface area contributed by atoms with Gasteiger partial charge in [0.15, 0.2) is 11.7 Å². The van der Waals surface area contributed by atoms with Gasteiger partial charge in [0.1, 0.15) is 0 Å². The highest BCUT2D eigenvalue weighted by Gasteiger charge is 2.31. The zero-order valence-corrected chi connectivity index (χ0v) is 18.3. The van der Waals surface area contributed by atoms with Crippen LogP contribution in [0, 0.1) is 0 Å². The van der Waals surface area contributed by atoms with Gasteiger partial charge in [-0.3, -0.25) is 4.79 Å². The van der Waals surface area contributed by atoms with Crippen molar-refractivity contribution in [1.29, 1.82) is 0 Å². The van der Waals surface area contributed by atoms with Crippen LogP contribution in [-0.2, 0) is 11.2 Å². The fourth-order valence-corrected chi connectivity index (χ4v) is 4.28. The molecule has 1 N–H and O–H groups in total. The number of oxazole rings is 1. The van der Waals surface area contributed by atoms with Gasteiger partial charge in [0.2, 0.25) is 5.91 Å². The molecule has 1 aromatic heterocycles. The Balaban J connectivity index is 0.00000140. The number of carbonyl (C=O) groups excluding carboxylic acids is 1. The third-order valence-electron chi connectivity index (χ3n) is 5.18. The number of carbonyl (C=O) groups is 1. The summed E-state index contributed by atoms with van der Waals surface area (Å²) in [5.41, 5.74) is 0.746. The Morgan fingerprint density at radius 1 is 1.21 bits per heavy atom. The smallest absolute Gasteiger partial charge is 0.223 e. The van der Waals surface area contributed by atoms with Crippen molar-refractivity contribution in [2.75, 3.05) is 13.1 Å². The van der Waals surface area contributed by atoms with Gasteiger partial charge in [0.25, 0.3) is 0 Å². The number of benzene rings is 1. The molecule has 9 heteroatoms. The van der Waals surface area contributed by atoms with Gasteiger partial charge in [-0.25, -0.2) is 4.98 Å². The maximum absolute atomic E-state index is 12.6.